The minimum Gasteiger partial charge on any atom is -0.395 e. The largest absolute Gasteiger partial charge is 0.395 e. The van der Waals surface area contributed by atoms with Crippen molar-refractivity contribution in [1.82, 2.24) is 19.7 Å². The third kappa shape index (κ3) is 3.81. The number of aliphatic hydroxyl groups excluding tert-OH is 1. The van der Waals surface area contributed by atoms with Crippen LogP contribution in [-0.2, 0) is 10.2 Å². The van der Waals surface area contributed by atoms with Crippen molar-refractivity contribution in [3.63, 3.8) is 0 Å². The lowest BCUT2D eigenvalue weighted by Gasteiger charge is -2.23. The van der Waals surface area contributed by atoms with Gasteiger partial charge in [-0.3, -0.25) is 4.68 Å². The molecule has 9 heteroatoms. The summed E-state index contributed by atoms with van der Waals surface area (Å²) in [6.45, 7) is 6.13. The van der Waals surface area contributed by atoms with Gasteiger partial charge >= 0.3 is 0 Å². The highest BCUT2D eigenvalue weighted by Gasteiger charge is 2.36. The highest BCUT2D eigenvalue weighted by atomic mass is 16.5. The van der Waals surface area contributed by atoms with E-state index in [1.165, 1.54) is 0 Å². The fraction of sp³-hybridized carbons (Fsp3) is 0.417. The first-order chi connectivity index (χ1) is 16.0. The zero-order valence-corrected chi connectivity index (χ0v) is 18.8. The predicted octanol–water partition coefficient (Wildman–Crippen LogP) is 3.29. The van der Waals surface area contributed by atoms with E-state index in [1.807, 2.05) is 38.2 Å². The predicted molar refractivity (Wildman–Crippen MR) is 124 cm³/mol. The number of fused-ring (bicyclic) bond motifs is 1. The summed E-state index contributed by atoms with van der Waals surface area (Å²) >= 11 is 0. The van der Waals surface area contributed by atoms with Gasteiger partial charge in [-0.15, -0.1) is 0 Å². The Morgan fingerprint density at radius 2 is 2.18 bits per heavy atom. The molecule has 0 aliphatic carbocycles. The summed E-state index contributed by atoms with van der Waals surface area (Å²) in [4.78, 5) is 9.09. The molecule has 0 saturated carbocycles. The van der Waals surface area contributed by atoms with Gasteiger partial charge in [-0.05, 0) is 43.5 Å². The molecule has 3 aromatic rings. The van der Waals surface area contributed by atoms with Gasteiger partial charge < -0.3 is 20.5 Å². The van der Waals surface area contributed by atoms with E-state index in [4.69, 9.17) is 9.72 Å². The maximum Gasteiger partial charge on any atom is 0.227 e. The van der Waals surface area contributed by atoms with Gasteiger partial charge in [-0.1, -0.05) is 6.92 Å². The van der Waals surface area contributed by atoms with Crippen LogP contribution in [0, 0.1) is 18.3 Å². The number of nitrogens with zero attached hydrogens (tertiary/aromatic N) is 5. The summed E-state index contributed by atoms with van der Waals surface area (Å²) in [6, 6.07) is 8.27. The Morgan fingerprint density at radius 3 is 2.94 bits per heavy atom. The number of aromatic nitrogens is 4. The van der Waals surface area contributed by atoms with Gasteiger partial charge in [0.05, 0.1) is 47.2 Å². The van der Waals surface area contributed by atoms with Crippen molar-refractivity contribution >= 4 is 17.3 Å². The van der Waals surface area contributed by atoms with Gasteiger partial charge in [-0.25, -0.2) is 9.97 Å². The summed E-state index contributed by atoms with van der Waals surface area (Å²) in [7, 11) is 0. The molecular weight excluding hydrogens is 418 g/mol. The van der Waals surface area contributed by atoms with Crippen molar-refractivity contribution in [1.29, 1.82) is 5.26 Å². The summed E-state index contributed by atoms with van der Waals surface area (Å²) in [5.74, 6) is 0.462. The molecule has 1 unspecified atom stereocenters. The van der Waals surface area contributed by atoms with Crippen LogP contribution in [0.1, 0.15) is 42.6 Å². The molecule has 5 rings (SSSR count). The number of benzene rings is 1. The lowest BCUT2D eigenvalue weighted by molar-refractivity contribution is 0.0657. The Labute approximate surface area is 192 Å². The molecule has 2 aliphatic rings. The molecule has 2 aromatic heterocycles. The highest BCUT2D eigenvalue weighted by molar-refractivity contribution is 5.76. The van der Waals surface area contributed by atoms with Gasteiger partial charge in [0.1, 0.15) is 6.07 Å². The van der Waals surface area contributed by atoms with Crippen LogP contribution in [-0.4, -0.2) is 51.2 Å². The molecule has 0 radical (unpaired) electrons. The quantitative estimate of drug-likeness (QED) is 0.547. The molecule has 4 heterocycles. The zero-order valence-electron chi connectivity index (χ0n) is 18.8. The number of ether oxygens (including phenoxy) is 1. The second-order valence-corrected chi connectivity index (χ2v) is 8.95. The standard InChI is InChI=1S/C24H27N7O2/c1-15-21(12-28-31(15)18-4-7-33-8-5-18)30-23-26-6-3-20(29-23)16-9-17(11-25)22-19(10-16)24(2,14-32)13-27-22/h3,6,9-10,12,18,27,32H,4-5,7-8,13-14H2,1-2H3,(H,26,29,30). The van der Waals surface area contributed by atoms with Crippen LogP contribution in [0.25, 0.3) is 11.3 Å². The van der Waals surface area contributed by atoms with Crippen LogP contribution in [0.2, 0.25) is 0 Å². The molecule has 9 nitrogen and oxygen atoms in total. The van der Waals surface area contributed by atoms with E-state index < -0.39 is 5.41 Å². The summed E-state index contributed by atoms with van der Waals surface area (Å²) in [5, 5.41) is 30.8. The Kier molecular flexibility index (Phi) is 5.48. The average molecular weight is 446 g/mol. The maximum atomic E-state index is 9.95. The highest BCUT2D eigenvalue weighted by Crippen LogP contribution is 2.41. The van der Waals surface area contributed by atoms with E-state index in [-0.39, 0.29) is 6.61 Å². The summed E-state index contributed by atoms with van der Waals surface area (Å²) in [6.07, 6.45) is 5.41. The van der Waals surface area contributed by atoms with E-state index in [0.717, 1.165) is 54.3 Å². The van der Waals surface area contributed by atoms with Crippen molar-refractivity contribution in [2.45, 2.75) is 38.1 Å². The number of nitrogens with one attached hydrogen (secondary N) is 2. The van der Waals surface area contributed by atoms with Gasteiger partial charge in [-0.2, -0.15) is 10.4 Å². The molecule has 170 valence electrons. The van der Waals surface area contributed by atoms with Crippen LogP contribution in [0.3, 0.4) is 0 Å². The van der Waals surface area contributed by atoms with Gasteiger partial charge in [0.25, 0.3) is 0 Å². The van der Waals surface area contributed by atoms with Crippen molar-refractivity contribution < 1.29 is 9.84 Å². The van der Waals surface area contributed by atoms with Crippen LogP contribution in [0.15, 0.2) is 30.6 Å². The van der Waals surface area contributed by atoms with E-state index in [1.54, 1.807) is 6.20 Å². The van der Waals surface area contributed by atoms with Gasteiger partial charge in [0, 0.05) is 36.9 Å². The maximum absolute atomic E-state index is 9.95. The summed E-state index contributed by atoms with van der Waals surface area (Å²) < 4.78 is 7.52. The molecule has 3 N–H and O–H groups in total. The monoisotopic (exact) mass is 445 g/mol. The zero-order chi connectivity index (χ0) is 23.0. The van der Waals surface area contributed by atoms with Gasteiger partial charge in [0.15, 0.2) is 0 Å². The first kappa shape index (κ1) is 21.4. The van der Waals surface area contributed by atoms with Crippen LogP contribution in [0.4, 0.5) is 17.3 Å². The SMILES string of the molecule is Cc1c(Nc2nccc(-c3cc(C#N)c4c(c3)C(C)(CO)CN4)n2)cnn1C1CCOCC1. The minimum atomic E-state index is -0.444. The normalized spacial score (nSPS) is 20.2. The Hall–Kier alpha value is -3.48. The van der Waals surface area contributed by atoms with E-state index in [9.17, 15) is 10.4 Å². The number of anilines is 3. The molecule has 1 atom stereocenters. The minimum absolute atomic E-state index is 0.00567. The Bertz CT molecular complexity index is 1230. The molecule has 0 amide bonds. The molecule has 2 aliphatic heterocycles. The second kappa shape index (κ2) is 8.46. The van der Waals surface area contributed by atoms with E-state index in [2.05, 4.69) is 31.5 Å². The molecule has 1 fully saturated rings. The molecule has 33 heavy (non-hydrogen) atoms. The third-order valence-corrected chi connectivity index (χ3v) is 6.69. The van der Waals surface area contributed by atoms with Crippen molar-refractivity contribution in [2.75, 3.05) is 37.0 Å². The van der Waals surface area contributed by atoms with Crippen LogP contribution >= 0.6 is 0 Å². The van der Waals surface area contributed by atoms with E-state index in [0.29, 0.717) is 29.8 Å². The summed E-state index contributed by atoms with van der Waals surface area (Å²) in [5.41, 5.74) is 5.24. The van der Waals surface area contributed by atoms with Crippen molar-refractivity contribution in [2.24, 2.45) is 0 Å². The molecule has 0 spiro atoms. The molecular formula is C24H27N7O2. The number of hydrogen-bond donors (Lipinski definition) is 3. The fourth-order valence-electron chi connectivity index (χ4n) is 4.61. The molecule has 1 saturated heterocycles. The number of nitriles is 1. The second-order valence-electron chi connectivity index (χ2n) is 8.95. The smallest absolute Gasteiger partial charge is 0.227 e. The Morgan fingerprint density at radius 1 is 1.36 bits per heavy atom. The first-order valence-corrected chi connectivity index (χ1v) is 11.2. The Balaban J connectivity index is 1.45. The van der Waals surface area contributed by atoms with Crippen LogP contribution in [0.5, 0.6) is 0 Å². The first-order valence-electron chi connectivity index (χ1n) is 11.2. The van der Waals surface area contributed by atoms with Crippen molar-refractivity contribution in [3.05, 3.63) is 47.4 Å². The van der Waals surface area contributed by atoms with E-state index >= 15 is 0 Å². The third-order valence-electron chi connectivity index (χ3n) is 6.69. The molecule has 1 aromatic carbocycles. The van der Waals surface area contributed by atoms with Crippen molar-refractivity contribution in [3.8, 4) is 17.3 Å². The number of rotatable bonds is 5. The lowest BCUT2D eigenvalue weighted by atomic mass is 9.83. The molecule has 0 bridgehead atoms. The number of aliphatic hydroxyl groups is 1. The number of hydrogen-bond acceptors (Lipinski definition) is 8. The van der Waals surface area contributed by atoms with Crippen LogP contribution < -0.4 is 10.6 Å². The topological polar surface area (TPSA) is 121 Å². The fourth-order valence-corrected chi connectivity index (χ4v) is 4.61. The van der Waals surface area contributed by atoms with Gasteiger partial charge in [0.2, 0.25) is 5.95 Å². The average Bonchev–Trinajstić information content (AvgIpc) is 3.39. The lowest BCUT2D eigenvalue weighted by Crippen LogP contribution is -2.28.